The summed E-state index contributed by atoms with van der Waals surface area (Å²) in [6.45, 7) is 12.5. The van der Waals surface area contributed by atoms with Crippen LogP contribution in [0.3, 0.4) is 0 Å². The normalized spacial score (nSPS) is 31.2. The molecule has 1 aromatic carbocycles. The van der Waals surface area contributed by atoms with Gasteiger partial charge in [0.15, 0.2) is 0 Å². The van der Waals surface area contributed by atoms with Gasteiger partial charge in [0.1, 0.15) is 5.82 Å². The van der Waals surface area contributed by atoms with Crippen LogP contribution in [0.15, 0.2) is 24.4 Å². The Labute approximate surface area is 208 Å². The highest BCUT2D eigenvalue weighted by Crippen LogP contribution is 2.59. The van der Waals surface area contributed by atoms with Gasteiger partial charge in [0.05, 0.1) is 13.2 Å². The van der Waals surface area contributed by atoms with E-state index in [1.165, 1.54) is 29.4 Å². The molecule has 0 unspecified atom stereocenters. The Kier molecular flexibility index (Phi) is 5.89. The zero-order chi connectivity index (χ0) is 24.2. The SMILES string of the molecule is Cc1cc2cnc(NC(=O)[C@@H]3CC34CCOCC4)cc2cc1C1CCN([C@]2(C)COC[C@@H]2C)CC1. The maximum atomic E-state index is 12.9. The highest BCUT2D eigenvalue weighted by atomic mass is 16.5. The number of aryl methyl sites for hydroxylation is 1. The lowest BCUT2D eigenvalue weighted by molar-refractivity contribution is -0.118. The average Bonchev–Trinajstić information content (AvgIpc) is 3.44. The van der Waals surface area contributed by atoms with Crippen LogP contribution in [0.2, 0.25) is 0 Å². The van der Waals surface area contributed by atoms with Crippen molar-refractivity contribution in [1.82, 2.24) is 9.88 Å². The van der Waals surface area contributed by atoms with Crippen LogP contribution in [-0.2, 0) is 14.3 Å². The summed E-state index contributed by atoms with van der Waals surface area (Å²) >= 11 is 0. The third-order valence-corrected chi connectivity index (χ3v) is 9.83. The quantitative estimate of drug-likeness (QED) is 0.678. The lowest BCUT2D eigenvalue weighted by Gasteiger charge is -2.44. The number of hydrogen-bond acceptors (Lipinski definition) is 5. The highest BCUT2D eigenvalue weighted by Gasteiger charge is 2.58. The molecule has 4 fully saturated rings. The van der Waals surface area contributed by atoms with Gasteiger partial charge in [0.25, 0.3) is 0 Å². The summed E-state index contributed by atoms with van der Waals surface area (Å²) in [5, 5.41) is 5.42. The van der Waals surface area contributed by atoms with Crippen LogP contribution in [0.1, 0.15) is 63.0 Å². The van der Waals surface area contributed by atoms with Crippen molar-refractivity contribution in [1.29, 1.82) is 0 Å². The number of benzene rings is 1. The van der Waals surface area contributed by atoms with E-state index in [0.717, 1.165) is 64.2 Å². The van der Waals surface area contributed by atoms with E-state index in [4.69, 9.17) is 9.47 Å². The largest absolute Gasteiger partial charge is 0.381 e. The monoisotopic (exact) mass is 477 g/mol. The number of anilines is 1. The van der Waals surface area contributed by atoms with Crippen molar-refractivity contribution in [2.24, 2.45) is 17.3 Å². The minimum Gasteiger partial charge on any atom is -0.381 e. The van der Waals surface area contributed by atoms with Gasteiger partial charge in [-0.1, -0.05) is 13.0 Å². The smallest absolute Gasteiger partial charge is 0.229 e. The average molecular weight is 478 g/mol. The zero-order valence-corrected chi connectivity index (χ0v) is 21.4. The van der Waals surface area contributed by atoms with Crippen LogP contribution in [0.5, 0.6) is 0 Å². The van der Waals surface area contributed by atoms with Gasteiger partial charge in [0, 0.05) is 36.3 Å². The van der Waals surface area contributed by atoms with Gasteiger partial charge in [0.2, 0.25) is 5.91 Å². The number of piperidine rings is 1. The fourth-order valence-electron chi connectivity index (χ4n) is 6.96. The number of rotatable bonds is 4. The molecule has 1 N–H and O–H groups in total. The van der Waals surface area contributed by atoms with Crippen LogP contribution in [0.4, 0.5) is 5.82 Å². The molecule has 6 rings (SSSR count). The molecule has 0 radical (unpaired) electrons. The summed E-state index contributed by atoms with van der Waals surface area (Å²) in [5.74, 6) is 2.06. The summed E-state index contributed by atoms with van der Waals surface area (Å²) in [4.78, 5) is 20.2. The maximum Gasteiger partial charge on any atom is 0.229 e. The third kappa shape index (κ3) is 4.17. The van der Waals surface area contributed by atoms with E-state index >= 15 is 0 Å². The van der Waals surface area contributed by atoms with Gasteiger partial charge in [-0.15, -0.1) is 0 Å². The second-order valence-electron chi connectivity index (χ2n) is 11.9. The molecule has 1 spiro atoms. The van der Waals surface area contributed by atoms with E-state index in [-0.39, 0.29) is 22.8 Å². The molecule has 2 aromatic rings. The molecule has 35 heavy (non-hydrogen) atoms. The topological polar surface area (TPSA) is 63.7 Å². The van der Waals surface area contributed by atoms with Crippen molar-refractivity contribution >= 4 is 22.5 Å². The summed E-state index contributed by atoms with van der Waals surface area (Å²) in [6.07, 6.45) is 7.25. The van der Waals surface area contributed by atoms with Crippen molar-refractivity contribution in [3.63, 3.8) is 0 Å². The summed E-state index contributed by atoms with van der Waals surface area (Å²) in [7, 11) is 0. The number of hydrogen-bond donors (Lipinski definition) is 1. The third-order valence-electron chi connectivity index (χ3n) is 9.83. The first-order valence-electron chi connectivity index (χ1n) is 13.5. The molecule has 1 saturated carbocycles. The zero-order valence-electron chi connectivity index (χ0n) is 21.4. The second-order valence-corrected chi connectivity index (χ2v) is 11.9. The molecule has 1 aromatic heterocycles. The minimum atomic E-state index is 0.109. The van der Waals surface area contributed by atoms with E-state index in [9.17, 15) is 4.79 Å². The number of nitrogens with zero attached hydrogens (tertiary/aromatic N) is 2. The number of fused-ring (bicyclic) bond motifs is 1. The van der Waals surface area contributed by atoms with Gasteiger partial charge in [-0.25, -0.2) is 4.98 Å². The number of carbonyl (C=O) groups excluding carboxylic acids is 1. The first-order valence-corrected chi connectivity index (χ1v) is 13.5. The molecule has 3 aliphatic heterocycles. The molecule has 3 saturated heterocycles. The number of amides is 1. The Bertz CT molecular complexity index is 1120. The van der Waals surface area contributed by atoms with Crippen molar-refractivity contribution < 1.29 is 14.3 Å². The van der Waals surface area contributed by atoms with Crippen LogP contribution < -0.4 is 5.32 Å². The fourth-order valence-corrected chi connectivity index (χ4v) is 6.96. The Balaban J connectivity index is 1.15. The van der Waals surface area contributed by atoms with Gasteiger partial charge >= 0.3 is 0 Å². The number of aromatic nitrogens is 1. The predicted octanol–water partition coefficient (Wildman–Crippen LogP) is 4.90. The molecule has 6 heteroatoms. The lowest BCUT2D eigenvalue weighted by Crippen LogP contribution is -2.53. The Morgan fingerprint density at radius 2 is 1.89 bits per heavy atom. The second kappa shape index (κ2) is 8.82. The molecule has 4 aliphatic rings. The summed E-state index contributed by atoms with van der Waals surface area (Å²) in [6, 6.07) is 6.67. The van der Waals surface area contributed by atoms with Gasteiger partial charge < -0.3 is 14.8 Å². The highest BCUT2D eigenvalue weighted by molar-refractivity contribution is 5.96. The van der Waals surface area contributed by atoms with Crippen molar-refractivity contribution in [3.05, 3.63) is 35.5 Å². The number of likely N-dealkylation sites (tertiary alicyclic amines) is 1. The molecule has 6 nitrogen and oxygen atoms in total. The minimum absolute atomic E-state index is 0.109. The number of ether oxygens (including phenoxy) is 2. The first kappa shape index (κ1) is 23.4. The van der Waals surface area contributed by atoms with Crippen molar-refractivity contribution in [2.45, 2.75) is 64.3 Å². The molecule has 3 atom stereocenters. The number of carbonyl (C=O) groups is 1. The molecule has 1 amide bonds. The molecular weight excluding hydrogens is 438 g/mol. The van der Waals surface area contributed by atoms with E-state index in [1.54, 1.807) is 0 Å². The molecule has 188 valence electrons. The van der Waals surface area contributed by atoms with Crippen LogP contribution in [0, 0.1) is 24.2 Å². The lowest BCUT2D eigenvalue weighted by atomic mass is 9.82. The van der Waals surface area contributed by atoms with E-state index in [0.29, 0.717) is 17.7 Å². The summed E-state index contributed by atoms with van der Waals surface area (Å²) in [5.41, 5.74) is 3.15. The van der Waals surface area contributed by atoms with E-state index in [1.807, 2.05) is 6.20 Å². The van der Waals surface area contributed by atoms with Crippen LogP contribution in [-0.4, -0.2) is 60.8 Å². The number of nitrogens with one attached hydrogen (secondary N) is 1. The van der Waals surface area contributed by atoms with Crippen LogP contribution >= 0.6 is 0 Å². The van der Waals surface area contributed by atoms with E-state index < -0.39 is 0 Å². The first-order chi connectivity index (χ1) is 16.9. The van der Waals surface area contributed by atoms with Crippen LogP contribution in [0.25, 0.3) is 10.8 Å². The standard InChI is InChI=1S/C29H39N3O3/c1-19-12-23-16-30-26(31-27(33)25-15-29(25)6-10-34-11-7-29)14-22(23)13-24(19)21-4-8-32(9-5-21)28(3)18-35-17-20(28)2/h12-14,16,20-21,25H,4-11,15,17-18H2,1-3H3,(H,30,31,33)/t20-,25-,28+/m0/s1. The van der Waals surface area contributed by atoms with E-state index in [2.05, 4.69) is 54.2 Å². The van der Waals surface area contributed by atoms with Gasteiger partial charge in [-0.05, 0) is 105 Å². The molecular formula is C29H39N3O3. The number of pyridine rings is 1. The Hall–Kier alpha value is -2.02. The van der Waals surface area contributed by atoms with Gasteiger partial charge in [-0.2, -0.15) is 0 Å². The fraction of sp³-hybridized carbons (Fsp3) is 0.655. The molecule has 1 aliphatic carbocycles. The Morgan fingerprint density at radius 3 is 2.60 bits per heavy atom. The maximum absolute atomic E-state index is 12.9. The van der Waals surface area contributed by atoms with Gasteiger partial charge in [-0.3, -0.25) is 9.69 Å². The summed E-state index contributed by atoms with van der Waals surface area (Å²) < 4.78 is 11.3. The van der Waals surface area contributed by atoms with Crippen molar-refractivity contribution in [2.75, 3.05) is 44.8 Å². The Morgan fingerprint density at radius 1 is 1.11 bits per heavy atom. The van der Waals surface area contributed by atoms with Crippen molar-refractivity contribution in [3.8, 4) is 0 Å². The molecule has 4 heterocycles. The predicted molar refractivity (Wildman–Crippen MR) is 138 cm³/mol. The molecule has 0 bridgehead atoms.